The van der Waals surface area contributed by atoms with Crippen LogP contribution in [-0.4, -0.2) is 9.97 Å². The Kier molecular flexibility index (Phi) is 2.62. The second-order valence-electron chi connectivity index (χ2n) is 3.45. The van der Waals surface area contributed by atoms with Crippen LogP contribution in [0.4, 0.5) is 5.82 Å². The fourth-order valence-electron chi connectivity index (χ4n) is 1.53. The maximum atomic E-state index is 5.84. The maximum absolute atomic E-state index is 5.84. The van der Waals surface area contributed by atoms with Crippen molar-refractivity contribution < 1.29 is 0 Å². The predicted molar refractivity (Wildman–Crippen MR) is 73.1 cm³/mol. The highest BCUT2D eigenvalue weighted by Crippen LogP contribution is 2.32. The third-order valence-corrected chi connectivity index (χ3v) is 4.11. The first-order valence-corrected chi connectivity index (χ1v) is 6.81. The van der Waals surface area contributed by atoms with Crippen molar-refractivity contribution in [3.05, 3.63) is 41.2 Å². The van der Waals surface area contributed by atoms with Crippen molar-refractivity contribution >= 4 is 28.5 Å². The molecule has 0 aliphatic rings. The van der Waals surface area contributed by atoms with Crippen molar-refractivity contribution in [1.29, 1.82) is 0 Å². The molecule has 0 unspecified atom stereocenters. The molecular formula is C12H9N3S2. The van der Waals surface area contributed by atoms with Gasteiger partial charge in [0.1, 0.15) is 10.8 Å². The average molecular weight is 259 g/mol. The summed E-state index contributed by atoms with van der Waals surface area (Å²) in [6, 6.07) is 7.91. The van der Waals surface area contributed by atoms with Gasteiger partial charge in [-0.2, -0.15) is 0 Å². The molecule has 17 heavy (non-hydrogen) atoms. The summed E-state index contributed by atoms with van der Waals surface area (Å²) in [6.07, 6.45) is 1.69. The number of aromatic nitrogens is 2. The van der Waals surface area contributed by atoms with Crippen LogP contribution in [0, 0.1) is 0 Å². The molecule has 3 rings (SSSR count). The number of pyridine rings is 1. The zero-order chi connectivity index (χ0) is 11.7. The SMILES string of the molecule is Nc1ncccc1-c1nc(-c2cccs2)cs1. The molecule has 0 spiro atoms. The summed E-state index contributed by atoms with van der Waals surface area (Å²) in [5.74, 6) is 0.527. The minimum atomic E-state index is 0.527. The van der Waals surface area contributed by atoms with E-state index in [0.717, 1.165) is 16.3 Å². The van der Waals surface area contributed by atoms with E-state index in [-0.39, 0.29) is 0 Å². The highest BCUT2D eigenvalue weighted by Gasteiger charge is 2.09. The van der Waals surface area contributed by atoms with Crippen LogP contribution in [0.25, 0.3) is 21.1 Å². The number of nitrogen functional groups attached to an aromatic ring is 1. The molecule has 3 aromatic heterocycles. The number of nitrogens with zero attached hydrogens (tertiary/aromatic N) is 2. The molecule has 0 bridgehead atoms. The molecule has 3 heterocycles. The number of thiazole rings is 1. The van der Waals surface area contributed by atoms with Crippen LogP contribution in [0.15, 0.2) is 41.2 Å². The molecule has 0 fully saturated rings. The van der Waals surface area contributed by atoms with Crippen LogP contribution in [0.1, 0.15) is 0 Å². The van der Waals surface area contributed by atoms with Gasteiger partial charge in [-0.25, -0.2) is 9.97 Å². The Morgan fingerprint density at radius 3 is 2.82 bits per heavy atom. The Morgan fingerprint density at radius 2 is 2.06 bits per heavy atom. The largest absolute Gasteiger partial charge is 0.383 e. The van der Waals surface area contributed by atoms with E-state index in [2.05, 4.69) is 16.0 Å². The number of thiophene rings is 1. The fraction of sp³-hybridized carbons (Fsp3) is 0. The average Bonchev–Trinajstić information content (AvgIpc) is 3.00. The van der Waals surface area contributed by atoms with E-state index in [9.17, 15) is 0 Å². The van der Waals surface area contributed by atoms with Gasteiger partial charge in [0.05, 0.1) is 16.1 Å². The highest BCUT2D eigenvalue weighted by atomic mass is 32.1. The van der Waals surface area contributed by atoms with E-state index in [1.807, 2.05) is 29.0 Å². The molecule has 2 N–H and O–H groups in total. The molecule has 0 atom stereocenters. The highest BCUT2D eigenvalue weighted by molar-refractivity contribution is 7.15. The van der Waals surface area contributed by atoms with Gasteiger partial charge in [-0.3, -0.25) is 0 Å². The summed E-state index contributed by atoms with van der Waals surface area (Å²) in [5.41, 5.74) is 7.74. The molecule has 0 radical (unpaired) electrons. The zero-order valence-electron chi connectivity index (χ0n) is 8.83. The molecular weight excluding hydrogens is 250 g/mol. The number of rotatable bonds is 2. The van der Waals surface area contributed by atoms with Gasteiger partial charge in [0.25, 0.3) is 0 Å². The molecule has 0 aromatic carbocycles. The second kappa shape index (κ2) is 4.27. The van der Waals surface area contributed by atoms with Gasteiger partial charge < -0.3 is 5.73 Å². The minimum Gasteiger partial charge on any atom is -0.383 e. The third-order valence-electron chi connectivity index (χ3n) is 2.35. The van der Waals surface area contributed by atoms with Gasteiger partial charge >= 0.3 is 0 Å². The minimum absolute atomic E-state index is 0.527. The molecule has 3 nitrogen and oxygen atoms in total. The Bertz CT molecular complexity index is 629. The molecule has 0 saturated heterocycles. The lowest BCUT2D eigenvalue weighted by Gasteiger charge is -1.98. The number of anilines is 1. The van der Waals surface area contributed by atoms with Crippen molar-refractivity contribution in [2.45, 2.75) is 0 Å². The van der Waals surface area contributed by atoms with Crippen LogP contribution < -0.4 is 5.73 Å². The van der Waals surface area contributed by atoms with Gasteiger partial charge in [-0.15, -0.1) is 22.7 Å². The third kappa shape index (κ3) is 1.94. The quantitative estimate of drug-likeness (QED) is 0.766. The molecule has 84 valence electrons. The van der Waals surface area contributed by atoms with Crippen LogP contribution in [0.5, 0.6) is 0 Å². The monoisotopic (exact) mass is 259 g/mol. The van der Waals surface area contributed by atoms with Gasteiger partial charge in [0.15, 0.2) is 0 Å². The van der Waals surface area contributed by atoms with Gasteiger partial charge in [-0.1, -0.05) is 6.07 Å². The lowest BCUT2D eigenvalue weighted by atomic mass is 10.2. The summed E-state index contributed by atoms with van der Waals surface area (Å²) < 4.78 is 0. The van der Waals surface area contributed by atoms with Gasteiger partial charge in [0, 0.05) is 11.6 Å². The standard InChI is InChI=1S/C12H9N3S2/c13-11-8(3-1-5-14-11)12-15-9(7-17-12)10-4-2-6-16-10/h1-7H,(H2,13,14). The summed E-state index contributed by atoms with van der Waals surface area (Å²) in [7, 11) is 0. The predicted octanol–water partition coefficient (Wildman–Crippen LogP) is 3.52. The summed E-state index contributed by atoms with van der Waals surface area (Å²) >= 11 is 3.28. The van der Waals surface area contributed by atoms with Crippen LogP contribution >= 0.6 is 22.7 Å². The van der Waals surface area contributed by atoms with E-state index < -0.39 is 0 Å². The van der Waals surface area contributed by atoms with Crippen LogP contribution in [0.2, 0.25) is 0 Å². The Morgan fingerprint density at radius 1 is 1.12 bits per heavy atom. The fourth-order valence-corrected chi connectivity index (χ4v) is 3.15. The Labute approximate surface area is 107 Å². The van der Waals surface area contributed by atoms with E-state index in [1.54, 1.807) is 28.9 Å². The topological polar surface area (TPSA) is 51.8 Å². The maximum Gasteiger partial charge on any atom is 0.133 e. The lowest BCUT2D eigenvalue weighted by molar-refractivity contribution is 1.32. The van der Waals surface area contributed by atoms with Gasteiger partial charge in [-0.05, 0) is 23.6 Å². The first kappa shape index (κ1) is 10.4. The lowest BCUT2D eigenvalue weighted by Crippen LogP contribution is -1.92. The smallest absolute Gasteiger partial charge is 0.133 e. The van der Waals surface area contributed by atoms with Crippen molar-refractivity contribution in [2.75, 3.05) is 5.73 Å². The summed E-state index contributed by atoms with van der Waals surface area (Å²) in [5, 5.41) is 5.01. The van der Waals surface area contributed by atoms with Crippen LogP contribution in [-0.2, 0) is 0 Å². The van der Waals surface area contributed by atoms with E-state index in [4.69, 9.17) is 5.73 Å². The summed E-state index contributed by atoms with van der Waals surface area (Å²) in [6.45, 7) is 0. The van der Waals surface area contributed by atoms with E-state index in [0.29, 0.717) is 5.82 Å². The number of hydrogen-bond acceptors (Lipinski definition) is 5. The molecule has 5 heteroatoms. The molecule has 3 aromatic rings. The first-order valence-electron chi connectivity index (χ1n) is 5.05. The zero-order valence-corrected chi connectivity index (χ0v) is 10.5. The molecule has 0 aliphatic heterocycles. The Hall–Kier alpha value is -1.72. The van der Waals surface area contributed by atoms with Crippen molar-refractivity contribution in [1.82, 2.24) is 9.97 Å². The van der Waals surface area contributed by atoms with Crippen LogP contribution in [0.3, 0.4) is 0 Å². The van der Waals surface area contributed by atoms with Gasteiger partial charge in [0.2, 0.25) is 0 Å². The van der Waals surface area contributed by atoms with Crippen molar-refractivity contribution in [3.8, 4) is 21.1 Å². The Balaban J connectivity index is 2.04. The normalized spacial score (nSPS) is 10.6. The van der Waals surface area contributed by atoms with Crippen molar-refractivity contribution in [2.24, 2.45) is 0 Å². The molecule has 0 saturated carbocycles. The molecule has 0 aliphatic carbocycles. The van der Waals surface area contributed by atoms with E-state index >= 15 is 0 Å². The second-order valence-corrected chi connectivity index (χ2v) is 5.26. The van der Waals surface area contributed by atoms with E-state index in [1.165, 1.54) is 4.88 Å². The molecule has 0 amide bonds. The van der Waals surface area contributed by atoms with Crippen molar-refractivity contribution in [3.63, 3.8) is 0 Å². The number of hydrogen-bond donors (Lipinski definition) is 1. The first-order chi connectivity index (χ1) is 8.34. The number of nitrogens with two attached hydrogens (primary N) is 1. The summed E-state index contributed by atoms with van der Waals surface area (Å²) in [4.78, 5) is 9.84.